The summed E-state index contributed by atoms with van der Waals surface area (Å²) in [4.78, 5) is 13.4. The number of amides is 1. The Morgan fingerprint density at radius 2 is 1.94 bits per heavy atom. The van der Waals surface area contributed by atoms with Crippen LogP contribution in [0, 0.1) is 0 Å². The average molecular weight is 279 g/mol. The maximum atomic E-state index is 11.5. The van der Waals surface area contributed by atoms with Crippen molar-refractivity contribution in [2.24, 2.45) is 0 Å². The van der Waals surface area contributed by atoms with Crippen LogP contribution in [-0.2, 0) is 18.1 Å². The molecule has 0 aromatic heterocycles. The SMILES string of the molecule is CO[Si](CCCN1CC(S)CC1=O)(OC)OC. The Morgan fingerprint density at radius 1 is 1.35 bits per heavy atom. The van der Waals surface area contributed by atoms with E-state index in [4.69, 9.17) is 13.3 Å². The minimum absolute atomic E-state index is 0.178. The van der Waals surface area contributed by atoms with Crippen molar-refractivity contribution < 1.29 is 18.1 Å². The third kappa shape index (κ3) is 3.96. The number of carbonyl (C=O) groups excluding carboxylic acids is 1. The lowest BCUT2D eigenvalue weighted by Gasteiger charge is -2.25. The fraction of sp³-hybridized carbons (Fsp3) is 0.900. The summed E-state index contributed by atoms with van der Waals surface area (Å²) in [5.74, 6) is 0.185. The molecule has 1 amide bonds. The van der Waals surface area contributed by atoms with Gasteiger partial charge in [-0.3, -0.25) is 4.79 Å². The summed E-state index contributed by atoms with van der Waals surface area (Å²) < 4.78 is 16.0. The van der Waals surface area contributed by atoms with Crippen LogP contribution in [0.1, 0.15) is 12.8 Å². The highest BCUT2D eigenvalue weighted by atomic mass is 32.1. The summed E-state index contributed by atoms with van der Waals surface area (Å²) in [5.41, 5.74) is 0. The maximum Gasteiger partial charge on any atom is 0.500 e. The Bertz CT molecular complexity index is 254. The van der Waals surface area contributed by atoms with Gasteiger partial charge in [0.15, 0.2) is 0 Å². The van der Waals surface area contributed by atoms with E-state index in [1.54, 1.807) is 21.3 Å². The number of rotatable bonds is 7. The molecule has 0 spiro atoms. The first-order valence-electron chi connectivity index (χ1n) is 5.68. The van der Waals surface area contributed by atoms with E-state index in [-0.39, 0.29) is 11.2 Å². The second-order valence-electron chi connectivity index (χ2n) is 4.10. The maximum absolute atomic E-state index is 11.5. The molecule has 0 aliphatic carbocycles. The Morgan fingerprint density at radius 3 is 2.35 bits per heavy atom. The molecule has 0 saturated carbocycles. The highest BCUT2D eigenvalue weighted by Crippen LogP contribution is 2.19. The second kappa shape index (κ2) is 6.74. The first-order valence-corrected chi connectivity index (χ1v) is 8.13. The molecule has 7 heteroatoms. The van der Waals surface area contributed by atoms with E-state index in [0.717, 1.165) is 25.6 Å². The van der Waals surface area contributed by atoms with Crippen LogP contribution in [-0.4, -0.2) is 59.3 Å². The van der Waals surface area contributed by atoms with Gasteiger partial charge in [0.25, 0.3) is 0 Å². The molecule has 0 bridgehead atoms. The smallest absolute Gasteiger partial charge is 0.377 e. The van der Waals surface area contributed by atoms with Gasteiger partial charge in [0.1, 0.15) is 0 Å². The van der Waals surface area contributed by atoms with Crippen LogP contribution in [0.3, 0.4) is 0 Å². The standard InChI is InChI=1S/C10H21NO4SSi/c1-13-17(14-2,15-3)6-4-5-11-8-9(16)7-10(11)12/h9,16H,4-8H2,1-3H3. The van der Waals surface area contributed by atoms with Crippen LogP contribution >= 0.6 is 12.6 Å². The molecule has 5 nitrogen and oxygen atoms in total. The molecule has 0 N–H and O–H groups in total. The van der Waals surface area contributed by atoms with Crippen LogP contribution in [0.5, 0.6) is 0 Å². The van der Waals surface area contributed by atoms with E-state index < -0.39 is 8.80 Å². The summed E-state index contributed by atoms with van der Waals surface area (Å²) in [5, 5.41) is 0.178. The number of nitrogens with zero attached hydrogens (tertiary/aromatic N) is 1. The van der Waals surface area contributed by atoms with Crippen molar-refractivity contribution in [3.05, 3.63) is 0 Å². The number of likely N-dealkylation sites (tertiary alicyclic amines) is 1. The zero-order valence-electron chi connectivity index (χ0n) is 10.6. The Balaban J connectivity index is 2.34. The molecule has 0 radical (unpaired) electrons. The van der Waals surface area contributed by atoms with Gasteiger partial charge in [0.05, 0.1) is 0 Å². The van der Waals surface area contributed by atoms with Gasteiger partial charge in [0, 0.05) is 52.1 Å². The molecule has 17 heavy (non-hydrogen) atoms. The minimum Gasteiger partial charge on any atom is -0.377 e. The Kier molecular flexibility index (Phi) is 5.94. The van der Waals surface area contributed by atoms with Crippen molar-refractivity contribution in [2.75, 3.05) is 34.4 Å². The zero-order chi connectivity index (χ0) is 12.9. The monoisotopic (exact) mass is 279 g/mol. The average Bonchev–Trinajstić information content (AvgIpc) is 2.64. The summed E-state index contributed by atoms with van der Waals surface area (Å²) in [6.45, 7) is 1.46. The van der Waals surface area contributed by atoms with Gasteiger partial charge in [-0.25, -0.2) is 0 Å². The van der Waals surface area contributed by atoms with Gasteiger partial charge in [-0.15, -0.1) is 0 Å². The first kappa shape index (κ1) is 15.0. The largest absolute Gasteiger partial charge is 0.500 e. The van der Waals surface area contributed by atoms with Crippen LogP contribution in [0.25, 0.3) is 0 Å². The Hall–Kier alpha value is -0.0831. The number of carbonyl (C=O) groups is 1. The van der Waals surface area contributed by atoms with Gasteiger partial charge >= 0.3 is 8.80 Å². The van der Waals surface area contributed by atoms with E-state index in [9.17, 15) is 4.79 Å². The fourth-order valence-electron chi connectivity index (χ4n) is 2.01. The predicted octanol–water partition coefficient (Wildman–Crippen LogP) is 0.785. The first-order chi connectivity index (χ1) is 8.06. The van der Waals surface area contributed by atoms with Crippen LogP contribution in [0.2, 0.25) is 6.04 Å². The van der Waals surface area contributed by atoms with Crippen LogP contribution in [0.4, 0.5) is 0 Å². The molecule has 1 saturated heterocycles. The summed E-state index contributed by atoms with van der Waals surface area (Å²) >= 11 is 4.32. The van der Waals surface area contributed by atoms with Crippen LogP contribution < -0.4 is 0 Å². The summed E-state index contributed by atoms with van der Waals surface area (Å²) in [6, 6.07) is 0.720. The molecule has 0 aromatic carbocycles. The third-order valence-electron chi connectivity index (χ3n) is 3.04. The lowest BCUT2D eigenvalue weighted by Crippen LogP contribution is -2.43. The van der Waals surface area contributed by atoms with E-state index in [1.807, 2.05) is 4.90 Å². The molecule has 1 heterocycles. The minimum atomic E-state index is -2.49. The van der Waals surface area contributed by atoms with Crippen molar-refractivity contribution in [2.45, 2.75) is 24.1 Å². The van der Waals surface area contributed by atoms with Gasteiger partial charge in [0.2, 0.25) is 5.91 Å². The molecule has 1 rings (SSSR count). The third-order valence-corrected chi connectivity index (χ3v) is 6.22. The molecule has 1 atom stereocenters. The number of hydrogen-bond acceptors (Lipinski definition) is 5. The number of hydrogen-bond donors (Lipinski definition) is 1. The van der Waals surface area contributed by atoms with Gasteiger partial charge in [-0.2, -0.15) is 12.6 Å². The van der Waals surface area contributed by atoms with Crippen molar-refractivity contribution in [3.63, 3.8) is 0 Å². The molecular formula is C10H21NO4SSi. The topological polar surface area (TPSA) is 48.0 Å². The predicted molar refractivity (Wildman–Crippen MR) is 70.2 cm³/mol. The second-order valence-corrected chi connectivity index (χ2v) is 7.92. The lowest BCUT2D eigenvalue weighted by atomic mass is 10.4. The van der Waals surface area contributed by atoms with E-state index in [1.165, 1.54) is 0 Å². The van der Waals surface area contributed by atoms with Gasteiger partial charge < -0.3 is 18.2 Å². The summed E-state index contributed by atoms with van der Waals surface area (Å²) in [6.07, 6.45) is 1.37. The normalized spacial score (nSPS) is 21.3. The van der Waals surface area contributed by atoms with Gasteiger partial charge in [-0.05, 0) is 6.42 Å². The molecule has 1 aliphatic heterocycles. The Labute approximate surface area is 109 Å². The summed E-state index contributed by atoms with van der Waals surface area (Å²) in [7, 11) is 2.32. The van der Waals surface area contributed by atoms with E-state index in [2.05, 4.69) is 12.6 Å². The molecular weight excluding hydrogens is 258 g/mol. The van der Waals surface area contributed by atoms with E-state index >= 15 is 0 Å². The van der Waals surface area contributed by atoms with Gasteiger partial charge in [-0.1, -0.05) is 0 Å². The molecule has 1 unspecified atom stereocenters. The van der Waals surface area contributed by atoms with Crippen molar-refractivity contribution in [1.82, 2.24) is 4.90 Å². The lowest BCUT2D eigenvalue weighted by molar-refractivity contribution is -0.127. The zero-order valence-corrected chi connectivity index (χ0v) is 12.5. The quantitative estimate of drug-likeness (QED) is 0.553. The fourth-order valence-corrected chi connectivity index (χ4v) is 4.07. The van der Waals surface area contributed by atoms with Crippen LogP contribution in [0.15, 0.2) is 0 Å². The highest BCUT2D eigenvalue weighted by Gasteiger charge is 2.37. The molecule has 1 aliphatic rings. The molecule has 1 fully saturated rings. The van der Waals surface area contributed by atoms with Crippen molar-refractivity contribution in [1.29, 1.82) is 0 Å². The molecule has 100 valence electrons. The molecule has 0 aromatic rings. The van der Waals surface area contributed by atoms with Crippen molar-refractivity contribution in [3.8, 4) is 0 Å². The number of thiol groups is 1. The van der Waals surface area contributed by atoms with Crippen molar-refractivity contribution >= 4 is 27.3 Å². The van der Waals surface area contributed by atoms with E-state index in [0.29, 0.717) is 6.42 Å². The highest BCUT2D eigenvalue weighted by molar-refractivity contribution is 7.81.